The molecule has 6 rings (SSSR count). The average molecular weight is 424 g/mol. The van der Waals surface area contributed by atoms with Crippen molar-refractivity contribution >= 4 is 16.9 Å². The summed E-state index contributed by atoms with van der Waals surface area (Å²) >= 11 is 0. The number of aryl methyl sites for hydroxylation is 1. The van der Waals surface area contributed by atoms with Crippen LogP contribution in [0.5, 0.6) is 0 Å². The highest BCUT2D eigenvalue weighted by Gasteiger charge is 2.46. The van der Waals surface area contributed by atoms with Gasteiger partial charge in [0.15, 0.2) is 0 Å². The number of hydrogen-bond donors (Lipinski definition) is 1. The molecule has 1 atom stereocenters. The van der Waals surface area contributed by atoms with Crippen molar-refractivity contribution in [1.29, 1.82) is 0 Å². The van der Waals surface area contributed by atoms with E-state index in [1.54, 1.807) is 0 Å². The second kappa shape index (κ2) is 7.48. The molecule has 32 heavy (non-hydrogen) atoms. The Morgan fingerprint density at radius 3 is 2.72 bits per heavy atom. The van der Waals surface area contributed by atoms with Crippen LogP contribution < -0.4 is 5.32 Å². The van der Waals surface area contributed by atoms with Crippen molar-refractivity contribution in [2.24, 2.45) is 0 Å². The Morgan fingerprint density at radius 2 is 1.81 bits per heavy atom. The molecule has 4 aromatic rings. The first-order valence-electron chi connectivity index (χ1n) is 11.2. The van der Waals surface area contributed by atoms with E-state index in [0.717, 1.165) is 60.2 Å². The van der Waals surface area contributed by atoms with Crippen LogP contribution in [0.3, 0.4) is 0 Å². The fourth-order valence-corrected chi connectivity index (χ4v) is 5.16. The second-order valence-corrected chi connectivity index (χ2v) is 8.90. The first-order chi connectivity index (χ1) is 15.7. The van der Waals surface area contributed by atoms with Crippen molar-refractivity contribution in [3.63, 3.8) is 0 Å². The molecule has 2 amide bonds. The molecule has 0 bridgehead atoms. The predicted molar refractivity (Wildman–Crippen MR) is 124 cm³/mol. The topological polar surface area (TPSA) is 63.1 Å². The lowest BCUT2D eigenvalue weighted by atomic mass is 9.82. The van der Waals surface area contributed by atoms with E-state index in [4.69, 9.17) is 5.10 Å². The molecular formula is C26H25N5O. The maximum Gasteiger partial charge on any atom is 0.317 e. The third-order valence-corrected chi connectivity index (χ3v) is 6.94. The van der Waals surface area contributed by atoms with Crippen LogP contribution in [-0.2, 0) is 18.5 Å². The van der Waals surface area contributed by atoms with Gasteiger partial charge in [-0.15, -0.1) is 0 Å². The SMILES string of the molecule is O=C(NCc1ccccc1)N1CCC2(CCn3nc(-c4cnc5ccccc5c4)cc32)C1. The number of carbonyl (C=O) groups is 1. The number of nitrogens with one attached hydrogen (secondary N) is 1. The van der Waals surface area contributed by atoms with Crippen molar-refractivity contribution in [3.8, 4) is 11.3 Å². The number of pyridine rings is 1. The summed E-state index contributed by atoms with van der Waals surface area (Å²) in [5, 5.41) is 9.09. The van der Waals surface area contributed by atoms with Crippen LogP contribution in [0.4, 0.5) is 4.79 Å². The molecule has 1 N–H and O–H groups in total. The molecule has 4 heterocycles. The lowest BCUT2D eigenvalue weighted by Gasteiger charge is -2.23. The van der Waals surface area contributed by atoms with Crippen LogP contribution >= 0.6 is 0 Å². The predicted octanol–water partition coefficient (Wildman–Crippen LogP) is 4.36. The number of benzene rings is 2. The monoisotopic (exact) mass is 423 g/mol. The minimum atomic E-state index is -0.000383. The smallest absolute Gasteiger partial charge is 0.317 e. The first-order valence-corrected chi connectivity index (χ1v) is 11.2. The van der Waals surface area contributed by atoms with Gasteiger partial charge in [0.2, 0.25) is 0 Å². The highest BCUT2D eigenvalue weighted by atomic mass is 16.2. The Bertz CT molecular complexity index is 1300. The van der Waals surface area contributed by atoms with Crippen LogP contribution in [0, 0.1) is 0 Å². The molecule has 1 unspecified atom stereocenters. The van der Waals surface area contributed by atoms with Crippen molar-refractivity contribution in [2.75, 3.05) is 13.1 Å². The van der Waals surface area contributed by atoms with Gasteiger partial charge >= 0.3 is 6.03 Å². The van der Waals surface area contributed by atoms with Gasteiger partial charge in [0, 0.05) is 54.4 Å². The number of aromatic nitrogens is 3. The number of urea groups is 1. The van der Waals surface area contributed by atoms with Gasteiger partial charge in [-0.2, -0.15) is 5.10 Å². The van der Waals surface area contributed by atoms with Crippen LogP contribution in [0.2, 0.25) is 0 Å². The molecule has 6 nitrogen and oxygen atoms in total. The average Bonchev–Trinajstić information content (AvgIpc) is 3.55. The zero-order chi connectivity index (χ0) is 21.5. The highest BCUT2D eigenvalue weighted by molar-refractivity contribution is 5.82. The molecule has 2 aromatic heterocycles. The maximum atomic E-state index is 12.8. The molecule has 0 radical (unpaired) electrons. The molecule has 1 spiro atoms. The Morgan fingerprint density at radius 1 is 1.00 bits per heavy atom. The summed E-state index contributed by atoms with van der Waals surface area (Å²) in [7, 11) is 0. The Labute approximate surface area is 186 Å². The summed E-state index contributed by atoms with van der Waals surface area (Å²) in [5.41, 5.74) is 5.36. The molecule has 2 aliphatic rings. The minimum absolute atomic E-state index is 0.000383. The van der Waals surface area contributed by atoms with E-state index in [2.05, 4.69) is 33.2 Å². The third-order valence-electron chi connectivity index (χ3n) is 6.94. The molecule has 2 aromatic carbocycles. The van der Waals surface area contributed by atoms with Gasteiger partial charge in [-0.3, -0.25) is 9.67 Å². The zero-order valence-corrected chi connectivity index (χ0v) is 17.9. The molecule has 6 heteroatoms. The number of carbonyl (C=O) groups excluding carboxylic acids is 1. The van der Waals surface area contributed by atoms with Crippen molar-refractivity contribution in [1.82, 2.24) is 25.0 Å². The van der Waals surface area contributed by atoms with Crippen LogP contribution in [0.15, 0.2) is 72.9 Å². The number of amides is 2. The van der Waals surface area contributed by atoms with E-state index in [0.29, 0.717) is 6.54 Å². The third kappa shape index (κ3) is 3.23. The van der Waals surface area contributed by atoms with Gasteiger partial charge in [-0.05, 0) is 36.6 Å². The number of para-hydroxylation sites is 1. The van der Waals surface area contributed by atoms with E-state index < -0.39 is 0 Å². The van der Waals surface area contributed by atoms with Gasteiger partial charge in [-0.1, -0.05) is 48.5 Å². The largest absolute Gasteiger partial charge is 0.334 e. The van der Waals surface area contributed by atoms with E-state index in [1.165, 1.54) is 5.69 Å². The molecule has 0 saturated carbocycles. The fraction of sp³-hybridized carbons (Fsp3) is 0.269. The molecule has 0 aliphatic carbocycles. The van der Waals surface area contributed by atoms with Crippen LogP contribution in [-0.4, -0.2) is 38.8 Å². The first kappa shape index (κ1) is 19.0. The fourth-order valence-electron chi connectivity index (χ4n) is 5.16. The summed E-state index contributed by atoms with van der Waals surface area (Å²) < 4.78 is 2.13. The second-order valence-electron chi connectivity index (χ2n) is 8.90. The molecule has 160 valence electrons. The number of hydrogen-bond acceptors (Lipinski definition) is 3. The number of nitrogens with zero attached hydrogens (tertiary/aromatic N) is 4. The maximum absolute atomic E-state index is 12.8. The quantitative estimate of drug-likeness (QED) is 0.533. The Hall–Kier alpha value is -3.67. The van der Waals surface area contributed by atoms with Gasteiger partial charge in [-0.25, -0.2) is 4.79 Å². The van der Waals surface area contributed by atoms with E-state index in [1.807, 2.05) is 59.6 Å². The van der Waals surface area contributed by atoms with Crippen LogP contribution in [0.1, 0.15) is 24.1 Å². The normalized spacial score (nSPS) is 19.6. The van der Waals surface area contributed by atoms with E-state index >= 15 is 0 Å². The minimum Gasteiger partial charge on any atom is -0.334 e. The zero-order valence-electron chi connectivity index (χ0n) is 17.9. The van der Waals surface area contributed by atoms with E-state index in [9.17, 15) is 4.79 Å². The molecule has 2 aliphatic heterocycles. The lowest BCUT2D eigenvalue weighted by Crippen LogP contribution is -2.40. The van der Waals surface area contributed by atoms with Crippen molar-refractivity contribution < 1.29 is 4.79 Å². The number of likely N-dealkylation sites (tertiary alicyclic amines) is 1. The van der Waals surface area contributed by atoms with Crippen molar-refractivity contribution in [2.45, 2.75) is 31.3 Å². The van der Waals surface area contributed by atoms with E-state index in [-0.39, 0.29) is 11.4 Å². The Balaban J connectivity index is 1.20. The Kier molecular flexibility index (Phi) is 4.45. The number of fused-ring (bicyclic) bond motifs is 3. The summed E-state index contributed by atoms with van der Waals surface area (Å²) in [4.78, 5) is 19.4. The summed E-state index contributed by atoms with van der Waals surface area (Å²) in [6.07, 6.45) is 3.92. The molecular weight excluding hydrogens is 398 g/mol. The molecule has 1 fully saturated rings. The van der Waals surface area contributed by atoms with Crippen LogP contribution in [0.25, 0.3) is 22.2 Å². The lowest BCUT2D eigenvalue weighted by molar-refractivity contribution is 0.205. The van der Waals surface area contributed by atoms with Gasteiger partial charge < -0.3 is 10.2 Å². The molecule has 1 saturated heterocycles. The van der Waals surface area contributed by atoms with Gasteiger partial charge in [0.1, 0.15) is 0 Å². The summed E-state index contributed by atoms with van der Waals surface area (Å²) in [6, 6.07) is 22.6. The summed E-state index contributed by atoms with van der Waals surface area (Å²) in [6.45, 7) is 2.98. The summed E-state index contributed by atoms with van der Waals surface area (Å²) in [5.74, 6) is 0. The number of rotatable bonds is 3. The van der Waals surface area contributed by atoms with Gasteiger partial charge in [0.25, 0.3) is 0 Å². The highest BCUT2D eigenvalue weighted by Crippen LogP contribution is 2.43. The van der Waals surface area contributed by atoms with Crippen molar-refractivity contribution in [3.05, 3.63) is 84.2 Å². The standard InChI is InChI=1S/C26H25N5O/c32-25(28-16-19-6-2-1-3-7-19)30-12-10-26(18-30)11-13-31-24(26)15-23(29-31)21-14-20-8-4-5-9-22(20)27-17-21/h1-9,14-15,17H,10-13,16,18H2,(H,28,32). The van der Waals surface area contributed by atoms with Gasteiger partial charge in [0.05, 0.1) is 11.2 Å².